The largest absolute Gasteiger partial charge is 0.334 e. The van der Waals surface area contributed by atoms with E-state index in [1.54, 1.807) is 19.1 Å². The monoisotopic (exact) mass is 303 g/mol. The summed E-state index contributed by atoms with van der Waals surface area (Å²) in [6.45, 7) is 3.17. The molecule has 1 N–H and O–H groups in total. The number of benzene rings is 1. The minimum Gasteiger partial charge on any atom is -0.324 e. The van der Waals surface area contributed by atoms with Crippen LogP contribution in [0.2, 0.25) is 0 Å². The molecule has 7 heteroatoms. The Morgan fingerprint density at radius 3 is 2.27 bits per heavy atom. The number of nitrogens with zero attached hydrogens (tertiary/aromatic N) is 2. The number of carbonyl (C=O) groups is 4. The van der Waals surface area contributed by atoms with E-state index in [4.69, 9.17) is 0 Å². The molecule has 116 valence electrons. The number of amides is 5. The summed E-state index contributed by atoms with van der Waals surface area (Å²) in [6.07, 6.45) is 0.736. The number of carbonyl (C=O) groups excluding carboxylic acids is 4. The van der Waals surface area contributed by atoms with Crippen LogP contribution in [0.3, 0.4) is 0 Å². The summed E-state index contributed by atoms with van der Waals surface area (Å²) in [5, 5.41) is 2.66. The molecule has 0 aromatic heterocycles. The topological polar surface area (TPSA) is 86.8 Å². The third-order valence-corrected chi connectivity index (χ3v) is 3.43. The first-order chi connectivity index (χ1) is 10.5. The zero-order valence-corrected chi connectivity index (χ0v) is 12.5. The first kappa shape index (κ1) is 15.7. The zero-order chi connectivity index (χ0) is 16.3. The van der Waals surface area contributed by atoms with E-state index in [1.807, 2.05) is 19.1 Å². The van der Waals surface area contributed by atoms with Crippen LogP contribution >= 0.6 is 0 Å². The molecular weight excluding hydrogens is 286 g/mol. The first-order valence-corrected chi connectivity index (χ1v) is 7.04. The van der Waals surface area contributed by atoms with Crippen molar-refractivity contribution in [1.29, 1.82) is 0 Å². The van der Waals surface area contributed by atoms with Crippen LogP contribution in [0, 0.1) is 0 Å². The van der Waals surface area contributed by atoms with Crippen LogP contribution < -0.4 is 5.32 Å². The molecule has 0 bridgehead atoms. The lowest BCUT2D eigenvalue weighted by Gasteiger charge is -2.15. The predicted molar refractivity (Wildman–Crippen MR) is 78.9 cm³/mol. The second-order valence-corrected chi connectivity index (χ2v) is 4.78. The van der Waals surface area contributed by atoms with Crippen LogP contribution in [0.1, 0.15) is 19.4 Å². The number of likely N-dealkylation sites (N-methyl/N-ethyl adjacent to an activating group) is 1. The van der Waals surface area contributed by atoms with Gasteiger partial charge >= 0.3 is 17.8 Å². The van der Waals surface area contributed by atoms with E-state index in [-0.39, 0.29) is 6.54 Å². The Labute approximate surface area is 127 Å². The van der Waals surface area contributed by atoms with Crippen molar-refractivity contribution in [1.82, 2.24) is 9.80 Å². The van der Waals surface area contributed by atoms with Gasteiger partial charge in [-0.1, -0.05) is 25.1 Å². The van der Waals surface area contributed by atoms with Crippen LogP contribution in [-0.4, -0.2) is 46.6 Å². The average molecular weight is 303 g/mol. The van der Waals surface area contributed by atoms with Gasteiger partial charge in [0, 0.05) is 12.2 Å². The van der Waals surface area contributed by atoms with Gasteiger partial charge in [-0.25, -0.2) is 9.69 Å². The molecule has 1 heterocycles. The Bertz CT molecular complexity index is 641. The summed E-state index contributed by atoms with van der Waals surface area (Å²) in [5.74, 6) is -2.38. The molecule has 0 atom stereocenters. The van der Waals surface area contributed by atoms with E-state index < -0.39 is 30.3 Å². The Hall–Kier alpha value is -2.70. The summed E-state index contributed by atoms with van der Waals surface area (Å²) in [5.41, 5.74) is 1.58. The van der Waals surface area contributed by atoms with Crippen molar-refractivity contribution in [2.45, 2.75) is 20.3 Å². The highest BCUT2D eigenvalue weighted by molar-refractivity contribution is 6.45. The number of para-hydroxylation sites is 1. The summed E-state index contributed by atoms with van der Waals surface area (Å²) in [7, 11) is 0. The molecule has 1 aliphatic rings. The van der Waals surface area contributed by atoms with Crippen LogP contribution in [0.15, 0.2) is 24.3 Å². The number of aryl methyl sites for hydroxylation is 1. The highest BCUT2D eigenvalue weighted by atomic mass is 16.2. The smallest absolute Gasteiger partial charge is 0.324 e. The van der Waals surface area contributed by atoms with Gasteiger partial charge in [0.05, 0.1) is 0 Å². The summed E-state index contributed by atoms with van der Waals surface area (Å²) >= 11 is 0. The Kier molecular flexibility index (Phi) is 4.55. The minimum absolute atomic E-state index is 0.0974. The van der Waals surface area contributed by atoms with Crippen LogP contribution in [0.5, 0.6) is 0 Å². The van der Waals surface area contributed by atoms with E-state index in [0.717, 1.165) is 16.9 Å². The third-order valence-electron chi connectivity index (χ3n) is 3.43. The summed E-state index contributed by atoms with van der Waals surface area (Å²) in [4.78, 5) is 48.7. The number of hydrogen-bond acceptors (Lipinski definition) is 4. The van der Waals surface area contributed by atoms with Crippen molar-refractivity contribution < 1.29 is 19.2 Å². The molecule has 22 heavy (non-hydrogen) atoms. The number of urea groups is 1. The van der Waals surface area contributed by atoms with E-state index in [1.165, 1.54) is 0 Å². The molecule has 1 aromatic rings. The quantitative estimate of drug-likeness (QED) is 0.649. The van der Waals surface area contributed by atoms with E-state index in [9.17, 15) is 19.2 Å². The molecule has 0 aliphatic carbocycles. The fraction of sp³-hybridized carbons (Fsp3) is 0.333. The maximum Gasteiger partial charge on any atom is 0.334 e. The van der Waals surface area contributed by atoms with Gasteiger partial charge in [-0.2, -0.15) is 0 Å². The Morgan fingerprint density at radius 1 is 1.05 bits per heavy atom. The highest BCUT2D eigenvalue weighted by Crippen LogP contribution is 2.16. The molecule has 1 aromatic carbocycles. The Morgan fingerprint density at radius 2 is 1.68 bits per heavy atom. The summed E-state index contributed by atoms with van der Waals surface area (Å²) < 4.78 is 0. The second-order valence-electron chi connectivity index (χ2n) is 4.78. The van der Waals surface area contributed by atoms with Crippen LogP contribution in [0.25, 0.3) is 0 Å². The van der Waals surface area contributed by atoms with Gasteiger partial charge in [-0.3, -0.25) is 19.3 Å². The van der Waals surface area contributed by atoms with Crippen molar-refractivity contribution in [3.05, 3.63) is 29.8 Å². The lowest BCUT2D eigenvalue weighted by atomic mass is 10.1. The fourth-order valence-corrected chi connectivity index (χ4v) is 2.25. The van der Waals surface area contributed by atoms with Gasteiger partial charge in [-0.05, 0) is 25.0 Å². The van der Waals surface area contributed by atoms with Gasteiger partial charge in [0.2, 0.25) is 5.91 Å². The van der Waals surface area contributed by atoms with E-state index in [2.05, 4.69) is 5.32 Å². The van der Waals surface area contributed by atoms with Crippen molar-refractivity contribution in [2.24, 2.45) is 0 Å². The molecule has 0 radical (unpaired) electrons. The lowest BCUT2D eigenvalue weighted by Crippen LogP contribution is -2.39. The predicted octanol–water partition coefficient (Wildman–Crippen LogP) is 0.998. The van der Waals surface area contributed by atoms with Gasteiger partial charge in [0.15, 0.2) is 0 Å². The Balaban J connectivity index is 2.08. The summed E-state index contributed by atoms with van der Waals surface area (Å²) in [6, 6.07) is 6.51. The lowest BCUT2D eigenvalue weighted by molar-refractivity contribution is -0.143. The molecule has 5 amide bonds. The number of nitrogens with one attached hydrogen (secondary N) is 1. The number of anilines is 1. The van der Waals surface area contributed by atoms with Gasteiger partial charge in [0.1, 0.15) is 6.54 Å². The number of imide groups is 2. The molecule has 1 fully saturated rings. The number of hydrogen-bond donors (Lipinski definition) is 1. The SMILES string of the molecule is CCc1ccccc1NC(=O)CN1C(=O)C(=O)N(CC)C1=O. The van der Waals surface area contributed by atoms with Gasteiger partial charge < -0.3 is 5.32 Å². The zero-order valence-electron chi connectivity index (χ0n) is 12.5. The standard InChI is InChI=1S/C15H17N3O4/c1-3-10-7-5-6-8-11(10)16-12(19)9-18-14(21)13(20)17(4-2)15(18)22/h5-8H,3-4,9H2,1-2H3,(H,16,19). The first-order valence-electron chi connectivity index (χ1n) is 7.04. The van der Waals surface area contributed by atoms with Crippen molar-refractivity contribution in [2.75, 3.05) is 18.4 Å². The molecule has 2 rings (SSSR count). The van der Waals surface area contributed by atoms with Crippen LogP contribution in [0.4, 0.5) is 10.5 Å². The third kappa shape index (κ3) is 2.83. The van der Waals surface area contributed by atoms with Crippen LogP contribution in [-0.2, 0) is 20.8 Å². The molecule has 1 aliphatic heterocycles. The maximum atomic E-state index is 12.0. The van der Waals surface area contributed by atoms with Crippen molar-refractivity contribution >= 4 is 29.4 Å². The number of rotatable bonds is 5. The van der Waals surface area contributed by atoms with E-state index >= 15 is 0 Å². The maximum absolute atomic E-state index is 12.0. The molecular formula is C15H17N3O4. The molecule has 0 spiro atoms. The molecule has 1 saturated heterocycles. The molecule has 7 nitrogen and oxygen atoms in total. The van der Waals surface area contributed by atoms with Gasteiger partial charge in [0.25, 0.3) is 0 Å². The van der Waals surface area contributed by atoms with Gasteiger partial charge in [-0.15, -0.1) is 0 Å². The van der Waals surface area contributed by atoms with E-state index in [0.29, 0.717) is 10.6 Å². The average Bonchev–Trinajstić information content (AvgIpc) is 2.71. The fourth-order valence-electron chi connectivity index (χ4n) is 2.25. The van der Waals surface area contributed by atoms with Crippen molar-refractivity contribution in [3.8, 4) is 0 Å². The minimum atomic E-state index is -0.967. The highest BCUT2D eigenvalue weighted by Gasteiger charge is 2.44. The second kappa shape index (κ2) is 6.38. The normalized spacial score (nSPS) is 14.7. The molecule has 0 unspecified atom stereocenters. The van der Waals surface area contributed by atoms with Crippen molar-refractivity contribution in [3.63, 3.8) is 0 Å². The molecule has 0 saturated carbocycles.